The zero-order valence-electron chi connectivity index (χ0n) is 10.8. The van der Waals surface area contributed by atoms with E-state index in [1.807, 2.05) is 6.07 Å². The fourth-order valence-electron chi connectivity index (χ4n) is 2.01. The number of benzene rings is 2. The van der Waals surface area contributed by atoms with E-state index in [-0.39, 0.29) is 0 Å². The van der Waals surface area contributed by atoms with Crippen molar-refractivity contribution in [2.24, 2.45) is 0 Å². The molecule has 2 aromatic carbocycles. The van der Waals surface area contributed by atoms with Crippen LogP contribution < -0.4 is 4.18 Å². The normalized spacial score (nSPS) is 12.9. The van der Waals surface area contributed by atoms with E-state index in [1.165, 1.54) is 23.5 Å². The molecule has 23 heavy (non-hydrogen) atoms. The second kappa shape index (κ2) is 5.61. The van der Waals surface area contributed by atoms with Gasteiger partial charge in [-0.05, 0) is 40.2 Å². The summed E-state index contributed by atoms with van der Waals surface area (Å²) >= 11 is 8.03. The molecule has 0 spiro atoms. The molecule has 0 amide bonds. The Hall–Kier alpha value is -0.840. The summed E-state index contributed by atoms with van der Waals surface area (Å²) < 4.78 is 66.9. The molecule has 0 radical (unpaired) electrons. The van der Waals surface area contributed by atoms with Gasteiger partial charge in [0, 0.05) is 29.1 Å². The molecule has 0 atom stereocenters. The fourth-order valence-corrected chi connectivity index (χ4v) is 4.78. The molecule has 1 aromatic heterocycles. The number of halogens is 5. The first-order chi connectivity index (χ1) is 10.6. The number of thiophene rings is 1. The van der Waals surface area contributed by atoms with Gasteiger partial charge in [-0.1, -0.05) is 22.0 Å². The predicted molar refractivity (Wildman–Crippen MR) is 90.3 cm³/mol. The summed E-state index contributed by atoms with van der Waals surface area (Å²) in [5.74, 6) is -0.399. The van der Waals surface area contributed by atoms with Crippen molar-refractivity contribution in [3.05, 3.63) is 39.3 Å². The minimum absolute atomic E-state index is 0.399. The van der Waals surface area contributed by atoms with Gasteiger partial charge in [0.05, 0.1) is 0 Å². The van der Waals surface area contributed by atoms with E-state index in [2.05, 4.69) is 36.0 Å². The molecule has 0 bridgehead atoms. The quantitative estimate of drug-likeness (QED) is 0.337. The predicted octanol–water partition coefficient (Wildman–Crippen LogP) is 5.81. The molecule has 10 heteroatoms. The number of fused-ring (bicyclic) bond motifs is 3. The van der Waals surface area contributed by atoms with Crippen molar-refractivity contribution in [3.8, 4) is 5.75 Å². The van der Waals surface area contributed by atoms with E-state index in [1.54, 1.807) is 12.1 Å². The van der Waals surface area contributed by atoms with Crippen LogP contribution in [0.3, 0.4) is 0 Å². The van der Waals surface area contributed by atoms with E-state index in [4.69, 9.17) is 0 Å². The van der Waals surface area contributed by atoms with E-state index in [0.29, 0.717) is 9.86 Å². The Morgan fingerprint density at radius 2 is 1.74 bits per heavy atom. The lowest BCUT2D eigenvalue weighted by Gasteiger charge is -2.10. The Bertz CT molecular complexity index is 1030. The second-order valence-corrected chi connectivity index (χ2v) is 8.87. The molecule has 0 aliphatic carbocycles. The maximum absolute atomic E-state index is 12.4. The highest BCUT2D eigenvalue weighted by atomic mass is 79.9. The lowest BCUT2D eigenvalue weighted by molar-refractivity contribution is -0.0500. The van der Waals surface area contributed by atoms with Crippen LogP contribution in [0, 0.1) is 0 Å². The Balaban J connectivity index is 2.19. The third-order valence-corrected chi connectivity index (χ3v) is 6.51. The van der Waals surface area contributed by atoms with Crippen molar-refractivity contribution in [1.82, 2.24) is 0 Å². The zero-order chi connectivity index (χ0) is 17.0. The molecule has 0 aliphatic heterocycles. The third kappa shape index (κ3) is 3.09. The average molecular weight is 490 g/mol. The van der Waals surface area contributed by atoms with Crippen molar-refractivity contribution >= 4 is 73.5 Å². The standard InChI is InChI=1S/C13H5Br2F3O3S2/c14-6-1-2-8-9-4-7(21-23(19,20)13(16,17)18)5-10(15)12(9)22-11(8)3-6/h1-5H. The SMILES string of the molecule is O=S(=O)(Oc1cc(Br)c2sc3cc(Br)ccc3c2c1)C(F)(F)F. The lowest BCUT2D eigenvalue weighted by Crippen LogP contribution is -2.28. The summed E-state index contributed by atoms with van der Waals surface area (Å²) in [6.07, 6.45) is 0. The molecule has 0 saturated heterocycles. The van der Waals surface area contributed by atoms with Gasteiger partial charge in [-0.15, -0.1) is 11.3 Å². The van der Waals surface area contributed by atoms with Crippen molar-refractivity contribution in [3.63, 3.8) is 0 Å². The van der Waals surface area contributed by atoms with Crippen LogP contribution in [0.5, 0.6) is 5.75 Å². The molecular weight excluding hydrogens is 485 g/mol. The highest BCUT2D eigenvalue weighted by molar-refractivity contribution is 9.11. The second-order valence-electron chi connectivity index (χ2n) is 4.51. The van der Waals surface area contributed by atoms with E-state index >= 15 is 0 Å². The molecule has 1 heterocycles. The van der Waals surface area contributed by atoms with Gasteiger partial charge >= 0.3 is 15.6 Å². The largest absolute Gasteiger partial charge is 0.534 e. The smallest absolute Gasteiger partial charge is 0.376 e. The molecule has 3 aromatic rings. The third-order valence-electron chi connectivity index (χ3n) is 2.95. The first-order valence-corrected chi connectivity index (χ1v) is 9.71. The summed E-state index contributed by atoms with van der Waals surface area (Å²) in [7, 11) is -5.70. The number of hydrogen-bond donors (Lipinski definition) is 0. The molecule has 0 unspecified atom stereocenters. The van der Waals surface area contributed by atoms with E-state index in [0.717, 1.165) is 19.3 Å². The van der Waals surface area contributed by atoms with Crippen molar-refractivity contribution < 1.29 is 25.8 Å². The Labute approximate surface area is 149 Å². The summed E-state index contributed by atoms with van der Waals surface area (Å²) in [4.78, 5) is 0. The van der Waals surface area contributed by atoms with Gasteiger partial charge in [0.2, 0.25) is 0 Å². The van der Waals surface area contributed by atoms with Crippen LogP contribution >= 0.6 is 43.2 Å². The van der Waals surface area contributed by atoms with Crippen molar-refractivity contribution in [2.75, 3.05) is 0 Å². The fraction of sp³-hybridized carbons (Fsp3) is 0.0769. The number of alkyl halides is 3. The van der Waals surface area contributed by atoms with Gasteiger partial charge < -0.3 is 4.18 Å². The Morgan fingerprint density at radius 3 is 2.39 bits per heavy atom. The van der Waals surface area contributed by atoms with Gasteiger partial charge in [0.15, 0.2) is 0 Å². The van der Waals surface area contributed by atoms with Gasteiger partial charge in [0.25, 0.3) is 0 Å². The van der Waals surface area contributed by atoms with Crippen LogP contribution in [0.25, 0.3) is 20.2 Å². The van der Waals surface area contributed by atoms with Crippen molar-refractivity contribution in [2.45, 2.75) is 5.51 Å². The molecule has 122 valence electrons. The zero-order valence-corrected chi connectivity index (χ0v) is 15.6. The summed E-state index contributed by atoms with van der Waals surface area (Å²) in [5.41, 5.74) is -5.48. The summed E-state index contributed by atoms with van der Waals surface area (Å²) in [5, 5.41) is 1.41. The van der Waals surface area contributed by atoms with Crippen molar-refractivity contribution in [1.29, 1.82) is 0 Å². The van der Waals surface area contributed by atoms with Gasteiger partial charge in [-0.2, -0.15) is 21.6 Å². The number of rotatable bonds is 2. The van der Waals surface area contributed by atoms with E-state index in [9.17, 15) is 21.6 Å². The first-order valence-electron chi connectivity index (χ1n) is 5.90. The number of hydrogen-bond acceptors (Lipinski definition) is 4. The Morgan fingerprint density at radius 1 is 1.04 bits per heavy atom. The van der Waals surface area contributed by atoms with Crippen LogP contribution in [-0.4, -0.2) is 13.9 Å². The highest BCUT2D eigenvalue weighted by Gasteiger charge is 2.48. The van der Waals surface area contributed by atoms with Crippen LogP contribution in [0.2, 0.25) is 0 Å². The molecule has 0 aliphatic rings. The minimum Gasteiger partial charge on any atom is -0.376 e. The van der Waals surface area contributed by atoms with Crippen LogP contribution in [0.15, 0.2) is 39.3 Å². The van der Waals surface area contributed by atoms with Gasteiger partial charge in [-0.3, -0.25) is 0 Å². The average Bonchev–Trinajstić information content (AvgIpc) is 2.75. The maximum atomic E-state index is 12.4. The molecule has 0 N–H and O–H groups in total. The van der Waals surface area contributed by atoms with Crippen LogP contribution in [0.1, 0.15) is 0 Å². The minimum atomic E-state index is -5.70. The molecule has 3 rings (SSSR count). The molecule has 3 nitrogen and oxygen atoms in total. The monoisotopic (exact) mass is 488 g/mol. The molecular formula is C13H5Br2F3O3S2. The maximum Gasteiger partial charge on any atom is 0.534 e. The van der Waals surface area contributed by atoms with Gasteiger partial charge in [-0.25, -0.2) is 0 Å². The summed E-state index contributed by atoms with van der Waals surface area (Å²) in [6.45, 7) is 0. The highest BCUT2D eigenvalue weighted by Crippen LogP contribution is 2.42. The Kier molecular flexibility index (Phi) is 4.14. The van der Waals surface area contributed by atoms with E-state index < -0.39 is 21.4 Å². The molecule has 0 saturated carbocycles. The van der Waals surface area contributed by atoms with Crippen LogP contribution in [-0.2, 0) is 10.1 Å². The van der Waals surface area contributed by atoms with Crippen LogP contribution in [0.4, 0.5) is 13.2 Å². The topological polar surface area (TPSA) is 43.4 Å². The first kappa shape index (κ1) is 17.0. The molecule has 0 fully saturated rings. The lowest BCUT2D eigenvalue weighted by atomic mass is 10.1. The summed E-state index contributed by atoms with van der Waals surface area (Å²) in [6, 6.07) is 7.96. The van der Waals surface area contributed by atoms with Gasteiger partial charge in [0.1, 0.15) is 5.75 Å².